The highest BCUT2D eigenvalue weighted by Gasteiger charge is 2.45. The molecule has 3 heterocycles. The fraction of sp³-hybridized carbons (Fsp3) is 0.679. The Morgan fingerprint density at radius 3 is 2.11 bits per heavy atom. The third-order valence-corrected chi connectivity index (χ3v) is 9.52. The highest BCUT2D eigenvalue weighted by atomic mass is 16.4. The van der Waals surface area contributed by atoms with Crippen LogP contribution in [0.4, 0.5) is 0 Å². The first kappa shape index (κ1) is 23.0. The van der Waals surface area contributed by atoms with Crippen molar-refractivity contribution in [1.82, 2.24) is 14.0 Å². The van der Waals surface area contributed by atoms with E-state index in [0.717, 1.165) is 37.5 Å². The lowest BCUT2D eigenvalue weighted by Gasteiger charge is -2.54. The summed E-state index contributed by atoms with van der Waals surface area (Å²) in [5, 5.41) is 9.89. The summed E-state index contributed by atoms with van der Waals surface area (Å²) in [7, 11) is 0. The molecule has 0 spiro atoms. The van der Waals surface area contributed by atoms with E-state index >= 15 is 0 Å². The molecule has 7 heteroatoms. The van der Waals surface area contributed by atoms with E-state index in [-0.39, 0.29) is 11.6 Å². The number of piperidine rings is 2. The summed E-state index contributed by atoms with van der Waals surface area (Å²) < 4.78 is 2.68. The van der Waals surface area contributed by atoms with Crippen LogP contribution in [0.2, 0.25) is 0 Å². The van der Waals surface area contributed by atoms with Crippen LogP contribution in [-0.4, -0.2) is 43.2 Å². The Bertz CT molecular complexity index is 1200. The summed E-state index contributed by atoms with van der Waals surface area (Å²) in [4.78, 5) is 41.5. The van der Waals surface area contributed by atoms with Gasteiger partial charge in [-0.05, 0) is 68.9 Å². The Morgan fingerprint density at radius 2 is 1.46 bits per heavy atom. The van der Waals surface area contributed by atoms with Crippen LogP contribution >= 0.6 is 0 Å². The Labute approximate surface area is 205 Å². The minimum absolute atomic E-state index is 0.169. The number of carboxylic acids is 1. The van der Waals surface area contributed by atoms with Crippen LogP contribution in [0.5, 0.6) is 0 Å². The summed E-state index contributed by atoms with van der Waals surface area (Å²) in [6, 6.07) is 8.20. The van der Waals surface area contributed by atoms with Gasteiger partial charge in [0, 0.05) is 24.2 Å². The molecule has 1 aromatic carbocycles. The number of aliphatic carboxylic acids is 1. The van der Waals surface area contributed by atoms with Gasteiger partial charge in [-0.15, -0.1) is 0 Å². The van der Waals surface area contributed by atoms with Gasteiger partial charge in [-0.2, -0.15) is 0 Å². The topological polar surface area (TPSA) is 84.5 Å². The van der Waals surface area contributed by atoms with Crippen molar-refractivity contribution in [3.05, 3.63) is 45.1 Å². The summed E-state index contributed by atoms with van der Waals surface area (Å²) in [6.07, 6.45) is 14.7. The average Bonchev–Trinajstić information content (AvgIpc) is 3.00. The molecule has 2 saturated heterocycles. The van der Waals surface area contributed by atoms with Crippen molar-refractivity contribution in [3.63, 3.8) is 0 Å². The van der Waals surface area contributed by atoms with Crippen molar-refractivity contribution >= 4 is 16.9 Å². The molecule has 0 amide bonds. The number of hydrogen-bond acceptors (Lipinski definition) is 4. The molecule has 2 aromatic rings. The first-order valence-electron chi connectivity index (χ1n) is 13.7. The maximum Gasteiger partial charge on any atom is 0.332 e. The monoisotopic (exact) mass is 479 g/mol. The van der Waals surface area contributed by atoms with Gasteiger partial charge in [-0.25, -0.2) is 4.79 Å². The number of carbonyl (C=O) groups is 1. The summed E-state index contributed by atoms with van der Waals surface area (Å²) in [5.74, 6) is 0.657. The number of para-hydroxylation sites is 1. The van der Waals surface area contributed by atoms with Crippen molar-refractivity contribution in [2.24, 2.45) is 11.8 Å². The van der Waals surface area contributed by atoms with Gasteiger partial charge in [-0.1, -0.05) is 44.2 Å². The molecule has 4 unspecified atom stereocenters. The zero-order chi connectivity index (χ0) is 24.1. The van der Waals surface area contributed by atoms with E-state index in [1.165, 1.54) is 60.5 Å². The molecule has 7 nitrogen and oxygen atoms in total. The number of benzene rings is 1. The summed E-state index contributed by atoms with van der Waals surface area (Å²) >= 11 is 0. The molecule has 1 aromatic heterocycles. The lowest BCUT2D eigenvalue weighted by molar-refractivity contribution is -0.137. The molecular weight excluding hydrogens is 442 g/mol. The van der Waals surface area contributed by atoms with Gasteiger partial charge in [0.05, 0.1) is 10.9 Å². The lowest BCUT2D eigenvalue weighted by Crippen LogP contribution is -2.59. The van der Waals surface area contributed by atoms with E-state index in [2.05, 4.69) is 4.90 Å². The van der Waals surface area contributed by atoms with Gasteiger partial charge < -0.3 is 5.11 Å². The average molecular weight is 480 g/mol. The molecule has 0 radical (unpaired) electrons. The van der Waals surface area contributed by atoms with E-state index in [1.54, 1.807) is 24.3 Å². The number of hydrogen-bond donors (Lipinski definition) is 1. The van der Waals surface area contributed by atoms with E-state index in [1.807, 2.05) is 0 Å². The Balaban J connectivity index is 1.34. The fourth-order valence-corrected chi connectivity index (χ4v) is 8.26. The molecule has 4 aliphatic rings. The van der Waals surface area contributed by atoms with Crippen molar-refractivity contribution in [3.8, 4) is 0 Å². The van der Waals surface area contributed by atoms with Crippen LogP contribution in [0.3, 0.4) is 0 Å². The number of fused-ring (bicyclic) bond motifs is 5. The predicted octanol–water partition coefficient (Wildman–Crippen LogP) is 4.16. The maximum atomic E-state index is 13.6. The Hall–Kier alpha value is -2.41. The normalized spacial score (nSPS) is 33.4. The molecular formula is C28H37N3O4. The largest absolute Gasteiger partial charge is 0.480 e. The van der Waals surface area contributed by atoms with Crippen molar-refractivity contribution in [2.75, 3.05) is 0 Å². The molecule has 2 aliphatic heterocycles. The predicted molar refractivity (Wildman–Crippen MR) is 135 cm³/mol. The minimum atomic E-state index is -1.08. The van der Waals surface area contributed by atoms with E-state index in [9.17, 15) is 19.5 Å². The molecule has 2 aliphatic carbocycles. The van der Waals surface area contributed by atoms with Crippen LogP contribution in [0, 0.1) is 11.8 Å². The zero-order valence-corrected chi connectivity index (χ0v) is 20.5. The van der Waals surface area contributed by atoms with Crippen molar-refractivity contribution < 1.29 is 9.90 Å². The van der Waals surface area contributed by atoms with Crippen molar-refractivity contribution in [1.29, 1.82) is 0 Å². The molecule has 4 fully saturated rings. The number of rotatable bonds is 4. The summed E-state index contributed by atoms with van der Waals surface area (Å²) in [6.45, 7) is -0.434. The molecule has 35 heavy (non-hydrogen) atoms. The SMILES string of the molecule is O=C(O)Cn1c(=O)n(C2CC3CCCC(C2)N3C2CC3CCCCC(C3)C2)c(=O)c2ccccc21. The van der Waals surface area contributed by atoms with E-state index in [0.29, 0.717) is 29.0 Å². The highest BCUT2D eigenvalue weighted by molar-refractivity contribution is 5.79. The first-order chi connectivity index (χ1) is 17.0. The number of aromatic nitrogens is 2. The standard InChI is InChI=1S/C28H37N3O4/c32-26(33)17-29-25-11-4-3-10-24(25)27(34)31(28(29)35)23-15-20-8-5-9-21(16-23)30(20)22-13-18-6-1-2-7-19(12-18)14-22/h3-4,10-11,18-23H,1-2,5-9,12-17H2,(H,32,33). The zero-order valence-electron chi connectivity index (χ0n) is 20.5. The number of nitrogens with zero attached hydrogens (tertiary/aromatic N) is 3. The van der Waals surface area contributed by atoms with Gasteiger partial charge in [-0.3, -0.25) is 23.6 Å². The second-order valence-electron chi connectivity index (χ2n) is 11.6. The highest BCUT2D eigenvalue weighted by Crippen LogP contribution is 2.46. The molecule has 188 valence electrons. The Kier molecular flexibility index (Phi) is 6.07. The van der Waals surface area contributed by atoms with E-state index < -0.39 is 18.2 Å². The fourth-order valence-electron chi connectivity index (χ4n) is 8.26. The van der Waals surface area contributed by atoms with Crippen molar-refractivity contribution in [2.45, 2.75) is 108 Å². The molecule has 2 saturated carbocycles. The minimum Gasteiger partial charge on any atom is -0.480 e. The quantitative estimate of drug-likeness (QED) is 0.712. The van der Waals surface area contributed by atoms with Crippen LogP contribution in [0.25, 0.3) is 10.9 Å². The van der Waals surface area contributed by atoms with Gasteiger partial charge in [0.1, 0.15) is 6.54 Å². The number of carboxylic acid groups (broad SMARTS) is 1. The van der Waals surface area contributed by atoms with Crippen LogP contribution in [0.1, 0.15) is 83.1 Å². The molecule has 4 bridgehead atoms. The van der Waals surface area contributed by atoms with Crippen LogP contribution in [0.15, 0.2) is 33.9 Å². The van der Waals surface area contributed by atoms with Gasteiger partial charge in [0.15, 0.2) is 0 Å². The second kappa shape index (κ2) is 9.23. The third-order valence-electron chi connectivity index (χ3n) is 9.52. The maximum absolute atomic E-state index is 13.6. The summed E-state index contributed by atoms with van der Waals surface area (Å²) in [5.41, 5.74) is -0.340. The molecule has 6 rings (SSSR count). The van der Waals surface area contributed by atoms with E-state index in [4.69, 9.17) is 0 Å². The molecule has 1 N–H and O–H groups in total. The second-order valence-corrected chi connectivity index (χ2v) is 11.6. The van der Waals surface area contributed by atoms with Gasteiger partial charge in [0.2, 0.25) is 0 Å². The Morgan fingerprint density at radius 1 is 0.800 bits per heavy atom. The first-order valence-corrected chi connectivity index (χ1v) is 13.7. The smallest absolute Gasteiger partial charge is 0.332 e. The van der Waals surface area contributed by atoms with Gasteiger partial charge >= 0.3 is 11.7 Å². The van der Waals surface area contributed by atoms with Crippen LogP contribution < -0.4 is 11.2 Å². The third kappa shape index (κ3) is 4.15. The van der Waals surface area contributed by atoms with Gasteiger partial charge in [0.25, 0.3) is 5.56 Å². The lowest BCUT2D eigenvalue weighted by atomic mass is 9.73. The molecule has 4 atom stereocenters. The van der Waals surface area contributed by atoms with Crippen LogP contribution in [-0.2, 0) is 11.3 Å².